The Bertz CT molecular complexity index is 957. The molecule has 1 heterocycles. The number of allylic oxidation sites excluding steroid dienone is 11. The van der Waals surface area contributed by atoms with Gasteiger partial charge in [-0.25, -0.2) is 0 Å². The van der Waals surface area contributed by atoms with Crippen LogP contribution in [0.2, 0.25) is 0 Å². The van der Waals surface area contributed by atoms with Crippen LogP contribution in [0.1, 0.15) is 104 Å². The number of carbonyl (C=O) groups excluding carboxylic acids is 1. The molecular weight excluding hydrogens is 598 g/mol. The van der Waals surface area contributed by atoms with Gasteiger partial charge in [0.2, 0.25) is 5.91 Å². The van der Waals surface area contributed by atoms with E-state index in [2.05, 4.69) is 66.9 Å². The molecule has 0 bridgehead atoms. The number of hydrogen-bond donors (Lipinski definition) is 6. The summed E-state index contributed by atoms with van der Waals surface area (Å²) in [5.74, 6) is -0.218. The van der Waals surface area contributed by atoms with Crippen LogP contribution in [-0.4, -0.2) is 87.5 Å². The number of amides is 1. The molecular formula is C38H63NO8. The maximum atomic E-state index is 12.8. The Hall–Kier alpha value is -2.37. The lowest BCUT2D eigenvalue weighted by Gasteiger charge is -2.40. The molecule has 0 radical (unpaired) electrons. The summed E-state index contributed by atoms with van der Waals surface area (Å²) in [6, 6.07) is -0.836. The van der Waals surface area contributed by atoms with Crippen LogP contribution in [-0.2, 0) is 14.3 Å². The molecule has 1 fully saturated rings. The molecule has 1 aliphatic rings. The second-order valence-corrected chi connectivity index (χ2v) is 11.9. The predicted octanol–water partition coefficient (Wildman–Crippen LogP) is 5.49. The van der Waals surface area contributed by atoms with Gasteiger partial charge >= 0.3 is 0 Å². The van der Waals surface area contributed by atoms with Gasteiger partial charge < -0.3 is 40.3 Å². The summed E-state index contributed by atoms with van der Waals surface area (Å²) in [6.07, 6.45) is 29.7. The van der Waals surface area contributed by atoms with Crippen LogP contribution in [0.4, 0.5) is 0 Å². The van der Waals surface area contributed by atoms with E-state index in [1.165, 1.54) is 0 Å². The van der Waals surface area contributed by atoms with Gasteiger partial charge in [-0.2, -0.15) is 0 Å². The third-order valence-corrected chi connectivity index (χ3v) is 7.84. The first-order chi connectivity index (χ1) is 22.8. The van der Waals surface area contributed by atoms with Crippen LogP contribution in [0.3, 0.4) is 0 Å². The number of ether oxygens (including phenoxy) is 2. The van der Waals surface area contributed by atoms with Gasteiger partial charge in [-0.05, 0) is 71.1 Å². The quantitative estimate of drug-likeness (QED) is 0.0527. The topological polar surface area (TPSA) is 149 Å². The number of aliphatic hydroxyl groups excluding tert-OH is 5. The summed E-state index contributed by atoms with van der Waals surface area (Å²) in [7, 11) is 0. The Morgan fingerprint density at radius 1 is 0.766 bits per heavy atom. The summed E-state index contributed by atoms with van der Waals surface area (Å²) >= 11 is 0. The molecule has 6 N–H and O–H groups in total. The van der Waals surface area contributed by atoms with Crippen molar-refractivity contribution in [3.63, 3.8) is 0 Å². The first-order valence-corrected chi connectivity index (χ1v) is 17.6. The maximum Gasteiger partial charge on any atom is 0.220 e. The van der Waals surface area contributed by atoms with Gasteiger partial charge in [-0.1, -0.05) is 99.1 Å². The van der Waals surface area contributed by atoms with E-state index in [1.807, 2.05) is 19.1 Å². The fourth-order valence-corrected chi connectivity index (χ4v) is 4.97. The average Bonchev–Trinajstić information content (AvgIpc) is 3.07. The van der Waals surface area contributed by atoms with Crippen LogP contribution < -0.4 is 5.32 Å². The lowest BCUT2D eigenvalue weighted by Crippen LogP contribution is -2.60. The Balaban J connectivity index is 2.50. The molecule has 0 spiro atoms. The molecule has 1 amide bonds. The third-order valence-electron chi connectivity index (χ3n) is 7.84. The molecule has 1 rings (SSSR count). The molecule has 0 saturated carbocycles. The Morgan fingerprint density at radius 3 is 2.04 bits per heavy atom. The fraction of sp³-hybridized carbons (Fsp3) is 0.658. The van der Waals surface area contributed by atoms with Crippen molar-refractivity contribution in [3.8, 4) is 0 Å². The molecule has 0 aromatic rings. The maximum absolute atomic E-state index is 12.8. The zero-order valence-corrected chi connectivity index (χ0v) is 28.7. The van der Waals surface area contributed by atoms with Crippen molar-refractivity contribution in [2.45, 2.75) is 147 Å². The third kappa shape index (κ3) is 20.6. The predicted molar refractivity (Wildman–Crippen MR) is 188 cm³/mol. The van der Waals surface area contributed by atoms with Crippen LogP contribution in [0.15, 0.2) is 72.9 Å². The van der Waals surface area contributed by atoms with Gasteiger partial charge in [-0.3, -0.25) is 4.79 Å². The first kappa shape index (κ1) is 42.7. The second kappa shape index (κ2) is 28.6. The lowest BCUT2D eigenvalue weighted by atomic mass is 9.99. The van der Waals surface area contributed by atoms with E-state index in [1.54, 1.807) is 6.08 Å². The summed E-state index contributed by atoms with van der Waals surface area (Å²) < 4.78 is 11.1. The zero-order chi connectivity index (χ0) is 34.5. The van der Waals surface area contributed by atoms with Crippen LogP contribution >= 0.6 is 0 Å². The van der Waals surface area contributed by atoms with Gasteiger partial charge in [0.25, 0.3) is 0 Å². The van der Waals surface area contributed by atoms with Crippen molar-refractivity contribution < 1.29 is 39.8 Å². The molecule has 7 atom stereocenters. The van der Waals surface area contributed by atoms with Crippen molar-refractivity contribution in [2.75, 3.05) is 13.2 Å². The summed E-state index contributed by atoms with van der Waals surface area (Å²) in [6.45, 7) is 3.34. The zero-order valence-electron chi connectivity index (χ0n) is 28.7. The molecule has 1 saturated heterocycles. The highest BCUT2D eigenvalue weighted by Crippen LogP contribution is 2.22. The number of rotatable bonds is 26. The number of unbranched alkanes of at least 4 members (excludes halogenated alkanes) is 7. The summed E-state index contributed by atoms with van der Waals surface area (Å²) in [5, 5.41) is 53.6. The van der Waals surface area contributed by atoms with E-state index in [4.69, 9.17) is 9.47 Å². The molecule has 9 heteroatoms. The standard InChI is InChI=1S/C38H63NO8/c1-3-5-7-9-11-13-14-15-16-17-18-20-22-24-26-28-34(42)39-31(32(41)27-25-23-21-19-12-10-8-6-4-2)30-46-38-37(45)36(44)35(43)33(29-40)47-38/h4-7,11-13,15-16,19,25,27,31-33,35-38,40-41,43-45H,3,8-10,14,17-18,20-24,26,28-30H2,1-2H3,(H,39,42)/b6-4+,7-5-,13-11-,16-15-,19-12+,27-25+. The minimum Gasteiger partial charge on any atom is -0.394 e. The number of aliphatic hydroxyl groups is 5. The van der Waals surface area contributed by atoms with Crippen molar-refractivity contribution in [1.82, 2.24) is 5.32 Å². The number of nitrogens with one attached hydrogen (secondary N) is 1. The fourth-order valence-electron chi connectivity index (χ4n) is 4.97. The average molecular weight is 662 g/mol. The van der Waals surface area contributed by atoms with Crippen LogP contribution in [0.25, 0.3) is 0 Å². The minimum atomic E-state index is -1.58. The van der Waals surface area contributed by atoms with Gasteiger partial charge in [0.05, 0.1) is 25.4 Å². The molecule has 0 aliphatic carbocycles. The second-order valence-electron chi connectivity index (χ2n) is 11.9. The van der Waals surface area contributed by atoms with E-state index in [9.17, 15) is 30.3 Å². The van der Waals surface area contributed by atoms with Crippen molar-refractivity contribution in [3.05, 3.63) is 72.9 Å². The van der Waals surface area contributed by atoms with Gasteiger partial charge in [0, 0.05) is 6.42 Å². The normalized spacial score (nSPS) is 23.8. The smallest absolute Gasteiger partial charge is 0.220 e. The van der Waals surface area contributed by atoms with E-state index >= 15 is 0 Å². The first-order valence-electron chi connectivity index (χ1n) is 17.6. The molecule has 9 nitrogen and oxygen atoms in total. The lowest BCUT2D eigenvalue weighted by molar-refractivity contribution is -0.302. The largest absolute Gasteiger partial charge is 0.394 e. The van der Waals surface area contributed by atoms with Gasteiger partial charge in [-0.15, -0.1) is 0 Å². The van der Waals surface area contributed by atoms with Crippen molar-refractivity contribution >= 4 is 5.91 Å². The highest BCUT2D eigenvalue weighted by Gasteiger charge is 2.44. The Kier molecular flexibility index (Phi) is 26.0. The molecule has 0 aromatic carbocycles. The van der Waals surface area contributed by atoms with E-state index in [0.717, 1.165) is 83.5 Å². The molecule has 268 valence electrons. The highest BCUT2D eigenvalue weighted by molar-refractivity contribution is 5.76. The van der Waals surface area contributed by atoms with Gasteiger partial charge in [0.1, 0.15) is 24.4 Å². The van der Waals surface area contributed by atoms with Crippen LogP contribution in [0, 0.1) is 0 Å². The number of carbonyl (C=O) groups is 1. The molecule has 1 aliphatic heterocycles. The number of hydrogen-bond acceptors (Lipinski definition) is 8. The van der Waals surface area contributed by atoms with Crippen LogP contribution in [0.5, 0.6) is 0 Å². The molecule has 47 heavy (non-hydrogen) atoms. The minimum absolute atomic E-state index is 0.218. The van der Waals surface area contributed by atoms with E-state index in [0.29, 0.717) is 6.42 Å². The highest BCUT2D eigenvalue weighted by atomic mass is 16.7. The van der Waals surface area contributed by atoms with E-state index < -0.39 is 49.5 Å². The van der Waals surface area contributed by atoms with Gasteiger partial charge in [0.15, 0.2) is 6.29 Å². The molecule has 7 unspecified atom stereocenters. The summed E-state index contributed by atoms with van der Waals surface area (Å²) in [5.41, 5.74) is 0. The Labute approximate surface area is 283 Å². The molecule has 0 aromatic heterocycles. The van der Waals surface area contributed by atoms with Crippen molar-refractivity contribution in [1.29, 1.82) is 0 Å². The SMILES string of the molecule is C/C=C/CC/C=C/CC/C=C/C(O)C(COC1OC(CO)C(O)C(O)C1O)NC(=O)CCCCCCC/C=C\C/C=C\C/C=C\CC. The monoisotopic (exact) mass is 661 g/mol. The Morgan fingerprint density at radius 2 is 1.36 bits per heavy atom. The van der Waals surface area contributed by atoms with E-state index in [-0.39, 0.29) is 12.5 Å². The summed E-state index contributed by atoms with van der Waals surface area (Å²) in [4.78, 5) is 12.8. The van der Waals surface area contributed by atoms with Crippen molar-refractivity contribution in [2.24, 2.45) is 0 Å².